The number of alkyl halides is 1. The molecule has 1 aliphatic heterocycles. The van der Waals surface area contributed by atoms with Gasteiger partial charge >= 0.3 is 0 Å². The summed E-state index contributed by atoms with van der Waals surface area (Å²) in [6.07, 6.45) is 1.10. The van der Waals surface area contributed by atoms with Gasteiger partial charge in [-0.1, -0.05) is 15.9 Å². The van der Waals surface area contributed by atoms with Crippen molar-refractivity contribution in [1.82, 2.24) is 4.67 Å². The summed E-state index contributed by atoms with van der Waals surface area (Å²) in [5.41, 5.74) is 0. The molecule has 1 heterocycles. The average Bonchev–Trinajstić information content (AvgIpc) is 2.56. The van der Waals surface area contributed by atoms with Gasteiger partial charge in [0.05, 0.1) is 12.7 Å². The van der Waals surface area contributed by atoms with E-state index in [-0.39, 0.29) is 6.10 Å². The van der Waals surface area contributed by atoms with Crippen LogP contribution in [0.5, 0.6) is 0 Å². The molecule has 0 saturated carbocycles. The highest BCUT2D eigenvalue weighted by atomic mass is 79.9. The van der Waals surface area contributed by atoms with E-state index < -0.39 is 12.4 Å². The molecule has 0 aromatic rings. The van der Waals surface area contributed by atoms with Gasteiger partial charge in [0.15, 0.2) is 5.79 Å². The fraction of sp³-hybridized carbons (Fsp3) is 1.00. The third-order valence-electron chi connectivity index (χ3n) is 2.71. The zero-order chi connectivity index (χ0) is 13.1. The summed E-state index contributed by atoms with van der Waals surface area (Å²) in [7, 11) is 1.78. The van der Waals surface area contributed by atoms with Crippen molar-refractivity contribution in [3.05, 3.63) is 0 Å². The lowest BCUT2D eigenvalue weighted by Gasteiger charge is -2.23. The average molecular weight is 349 g/mol. The predicted molar refractivity (Wildman–Crippen MR) is 74.3 cm³/mol. The topological polar surface area (TPSA) is 38.8 Å². The second-order valence-electron chi connectivity index (χ2n) is 4.65. The summed E-state index contributed by atoms with van der Waals surface area (Å²) in [5.74, 6) is -0.525. The van der Waals surface area contributed by atoms with E-state index in [0.29, 0.717) is 25.7 Å². The van der Waals surface area contributed by atoms with Crippen LogP contribution in [0, 0.1) is 0 Å². The van der Waals surface area contributed by atoms with Crippen molar-refractivity contribution >= 4 is 33.8 Å². The van der Waals surface area contributed by atoms with Crippen LogP contribution in [-0.4, -0.2) is 48.3 Å². The van der Waals surface area contributed by atoms with Crippen molar-refractivity contribution in [1.29, 1.82) is 0 Å². The van der Waals surface area contributed by atoms with Gasteiger partial charge in [0.25, 0.3) is 0 Å². The lowest BCUT2D eigenvalue weighted by molar-refractivity contribution is -0.138. The van der Waals surface area contributed by atoms with Crippen LogP contribution in [-0.2, 0) is 14.0 Å². The van der Waals surface area contributed by atoms with Crippen LogP contribution in [0.2, 0.25) is 0 Å². The molecular weight excluding hydrogens is 328 g/mol. The van der Waals surface area contributed by atoms with Gasteiger partial charge in [0.1, 0.15) is 0 Å². The van der Waals surface area contributed by atoms with Crippen LogP contribution in [0.1, 0.15) is 20.3 Å². The van der Waals surface area contributed by atoms with Gasteiger partial charge in [-0.25, -0.2) is 4.67 Å². The molecule has 1 saturated heterocycles. The van der Waals surface area contributed by atoms with E-state index in [0.717, 1.165) is 5.33 Å². The van der Waals surface area contributed by atoms with Crippen molar-refractivity contribution in [2.75, 3.05) is 31.7 Å². The number of ether oxygens (including phenoxy) is 2. The Kier molecular flexibility index (Phi) is 5.96. The Morgan fingerprint density at radius 2 is 2.24 bits per heavy atom. The van der Waals surface area contributed by atoms with Crippen LogP contribution in [0.3, 0.4) is 0 Å². The lowest BCUT2D eigenvalue weighted by Crippen LogP contribution is -2.23. The third-order valence-corrected chi connectivity index (χ3v) is 6.38. The SMILES string of the molecule is CN(CCBr)P(=O)(Cl)CCC1COC(C)(C)O1. The fourth-order valence-corrected chi connectivity index (χ4v) is 4.32. The Labute approximate surface area is 116 Å². The number of hydrogen-bond acceptors (Lipinski definition) is 3. The van der Waals surface area contributed by atoms with Crippen molar-refractivity contribution in [2.45, 2.75) is 32.2 Å². The van der Waals surface area contributed by atoms with Gasteiger partial charge in [0.2, 0.25) is 6.65 Å². The number of rotatable bonds is 6. The first-order valence-corrected chi connectivity index (χ1v) is 9.52. The highest BCUT2D eigenvalue weighted by Gasteiger charge is 2.34. The molecule has 102 valence electrons. The summed E-state index contributed by atoms with van der Waals surface area (Å²) in [4.78, 5) is 0. The van der Waals surface area contributed by atoms with E-state index in [2.05, 4.69) is 15.9 Å². The van der Waals surface area contributed by atoms with Crippen molar-refractivity contribution < 1.29 is 14.0 Å². The minimum absolute atomic E-state index is 0.00514. The molecule has 4 nitrogen and oxygen atoms in total. The van der Waals surface area contributed by atoms with Gasteiger partial charge in [0, 0.05) is 18.0 Å². The third kappa shape index (κ3) is 5.17. The largest absolute Gasteiger partial charge is 0.348 e. The summed E-state index contributed by atoms with van der Waals surface area (Å²) in [5, 5.41) is 0.760. The maximum absolute atomic E-state index is 12.2. The molecule has 7 heteroatoms. The van der Waals surface area contributed by atoms with E-state index in [1.165, 1.54) is 0 Å². The van der Waals surface area contributed by atoms with Gasteiger partial charge < -0.3 is 9.47 Å². The molecule has 0 N–H and O–H groups in total. The van der Waals surface area contributed by atoms with Crippen molar-refractivity contribution in [3.8, 4) is 0 Å². The molecule has 2 unspecified atom stereocenters. The Balaban J connectivity index is 2.37. The fourth-order valence-electron chi connectivity index (χ4n) is 1.65. The standard InChI is InChI=1S/C10H20BrClNO3P/c1-10(2)15-8-9(16-10)4-7-17(12,14)13(3)6-5-11/h9H,4-8H2,1-3H3. The quantitative estimate of drug-likeness (QED) is 0.545. The molecule has 1 fully saturated rings. The molecule has 17 heavy (non-hydrogen) atoms. The molecule has 0 amide bonds. The molecule has 0 aliphatic carbocycles. The second kappa shape index (κ2) is 6.36. The maximum atomic E-state index is 12.2. The number of halogens is 2. The van der Waals surface area contributed by atoms with Gasteiger partial charge in [-0.15, -0.1) is 0 Å². The maximum Gasteiger partial charge on any atom is 0.234 e. The molecule has 1 aliphatic rings. The molecule has 1 rings (SSSR count). The highest BCUT2D eigenvalue weighted by molar-refractivity contribution is 9.09. The van der Waals surface area contributed by atoms with Crippen molar-refractivity contribution in [2.24, 2.45) is 0 Å². The van der Waals surface area contributed by atoms with Crippen molar-refractivity contribution in [3.63, 3.8) is 0 Å². The Bertz CT molecular complexity index is 303. The molecule has 0 aromatic heterocycles. The van der Waals surface area contributed by atoms with E-state index in [1.54, 1.807) is 11.7 Å². The van der Waals surface area contributed by atoms with E-state index in [1.807, 2.05) is 13.8 Å². The monoisotopic (exact) mass is 347 g/mol. The Morgan fingerprint density at radius 1 is 1.59 bits per heavy atom. The summed E-state index contributed by atoms with van der Waals surface area (Å²) in [6.45, 7) is 2.23. The second-order valence-corrected chi connectivity index (χ2v) is 9.39. The van der Waals surface area contributed by atoms with Crippen LogP contribution in [0.15, 0.2) is 0 Å². The summed E-state index contributed by atoms with van der Waals surface area (Å²) >= 11 is 9.39. The zero-order valence-electron chi connectivity index (χ0n) is 10.5. The molecular formula is C10H20BrClNO3P. The highest BCUT2D eigenvalue weighted by Crippen LogP contribution is 2.54. The van der Waals surface area contributed by atoms with Gasteiger partial charge in [-0.2, -0.15) is 0 Å². The molecule has 2 atom stereocenters. The Hall–Kier alpha value is 0.880. The van der Waals surface area contributed by atoms with Gasteiger partial charge in [-0.3, -0.25) is 4.57 Å². The molecule has 0 radical (unpaired) electrons. The number of hydrogen-bond donors (Lipinski definition) is 0. The normalized spacial score (nSPS) is 27.3. The molecule has 0 aromatic carbocycles. The van der Waals surface area contributed by atoms with Gasteiger partial charge in [-0.05, 0) is 38.6 Å². The first-order chi connectivity index (χ1) is 7.77. The summed E-state index contributed by atoms with van der Waals surface area (Å²) in [6, 6.07) is 0. The van der Waals surface area contributed by atoms with Crippen LogP contribution in [0.4, 0.5) is 0 Å². The van der Waals surface area contributed by atoms with Crippen LogP contribution < -0.4 is 0 Å². The molecule has 0 bridgehead atoms. The predicted octanol–water partition coefficient (Wildman–Crippen LogP) is 3.29. The number of nitrogens with zero attached hydrogens (tertiary/aromatic N) is 1. The zero-order valence-corrected chi connectivity index (χ0v) is 13.7. The minimum Gasteiger partial charge on any atom is -0.348 e. The van der Waals surface area contributed by atoms with Crippen LogP contribution in [0.25, 0.3) is 0 Å². The lowest BCUT2D eigenvalue weighted by atomic mass is 10.3. The Morgan fingerprint density at radius 3 is 2.71 bits per heavy atom. The smallest absolute Gasteiger partial charge is 0.234 e. The van der Waals surface area contributed by atoms with E-state index in [9.17, 15) is 4.57 Å². The molecule has 0 spiro atoms. The van der Waals surface area contributed by atoms with E-state index >= 15 is 0 Å². The summed E-state index contributed by atoms with van der Waals surface area (Å²) < 4.78 is 25.0. The van der Waals surface area contributed by atoms with Crippen LogP contribution >= 0.6 is 33.8 Å². The first kappa shape index (κ1) is 15.9. The van der Waals surface area contributed by atoms with E-state index in [4.69, 9.17) is 20.7 Å². The minimum atomic E-state index is -2.75. The first-order valence-electron chi connectivity index (χ1n) is 5.65.